The molecule has 142 valence electrons. The SMILES string of the molecule is CC(C)(C)c1cc(NC(=O)CSc2nnc(-c3cccs3)n2C2CC2)on1. The van der Waals surface area contributed by atoms with Gasteiger partial charge in [-0.05, 0) is 24.3 Å². The predicted molar refractivity (Wildman–Crippen MR) is 106 cm³/mol. The maximum atomic E-state index is 12.3. The second-order valence-corrected chi connectivity index (χ2v) is 9.44. The molecule has 0 bridgehead atoms. The summed E-state index contributed by atoms with van der Waals surface area (Å²) in [6.45, 7) is 6.13. The van der Waals surface area contributed by atoms with E-state index in [0.717, 1.165) is 34.4 Å². The molecule has 0 unspecified atom stereocenters. The van der Waals surface area contributed by atoms with Crippen molar-refractivity contribution in [3.63, 3.8) is 0 Å². The Morgan fingerprint density at radius 1 is 1.41 bits per heavy atom. The molecule has 0 saturated heterocycles. The number of hydrogen-bond donors (Lipinski definition) is 1. The van der Waals surface area contributed by atoms with Crippen LogP contribution in [0.25, 0.3) is 10.7 Å². The maximum Gasteiger partial charge on any atom is 0.237 e. The van der Waals surface area contributed by atoms with Crippen LogP contribution in [0, 0.1) is 0 Å². The standard InChI is InChI=1S/C18H21N5O2S2/c1-18(2,3)13-9-15(25-22-13)19-14(24)10-27-17-21-20-16(12-5-4-8-26-12)23(17)11-6-7-11/h4-5,8-9,11H,6-7,10H2,1-3H3,(H,19,24). The molecular formula is C18H21N5O2S2. The van der Waals surface area contributed by atoms with E-state index in [9.17, 15) is 4.79 Å². The molecule has 0 aromatic carbocycles. The van der Waals surface area contributed by atoms with Gasteiger partial charge in [0.15, 0.2) is 11.0 Å². The molecule has 1 aliphatic carbocycles. The van der Waals surface area contributed by atoms with Gasteiger partial charge in [-0.2, -0.15) is 0 Å². The quantitative estimate of drug-likeness (QED) is 0.616. The lowest BCUT2D eigenvalue weighted by atomic mass is 9.92. The van der Waals surface area contributed by atoms with Crippen LogP contribution in [-0.2, 0) is 10.2 Å². The van der Waals surface area contributed by atoms with Crippen molar-refractivity contribution in [3.05, 3.63) is 29.3 Å². The highest BCUT2D eigenvalue weighted by Gasteiger charge is 2.30. The third-order valence-corrected chi connectivity index (χ3v) is 6.00. The van der Waals surface area contributed by atoms with Gasteiger partial charge < -0.3 is 4.52 Å². The molecule has 4 rings (SSSR count). The van der Waals surface area contributed by atoms with Gasteiger partial charge in [-0.25, -0.2) is 0 Å². The summed E-state index contributed by atoms with van der Waals surface area (Å²) in [5.74, 6) is 1.34. The lowest BCUT2D eigenvalue weighted by molar-refractivity contribution is -0.113. The summed E-state index contributed by atoms with van der Waals surface area (Å²) in [7, 11) is 0. The molecule has 7 nitrogen and oxygen atoms in total. The van der Waals surface area contributed by atoms with Crippen molar-refractivity contribution in [2.24, 2.45) is 0 Å². The molecule has 1 fully saturated rings. The number of thioether (sulfide) groups is 1. The molecule has 27 heavy (non-hydrogen) atoms. The molecule has 0 radical (unpaired) electrons. The predicted octanol–water partition coefficient (Wildman–Crippen LogP) is 4.36. The van der Waals surface area contributed by atoms with Gasteiger partial charge in [0.2, 0.25) is 11.8 Å². The first-order chi connectivity index (χ1) is 12.9. The monoisotopic (exact) mass is 403 g/mol. The van der Waals surface area contributed by atoms with E-state index in [1.807, 2.05) is 38.3 Å². The van der Waals surface area contributed by atoms with E-state index in [0.29, 0.717) is 11.9 Å². The van der Waals surface area contributed by atoms with Crippen LogP contribution < -0.4 is 5.32 Å². The first kappa shape index (κ1) is 18.2. The molecule has 0 aliphatic heterocycles. The Hall–Kier alpha value is -2.13. The van der Waals surface area contributed by atoms with Crippen LogP contribution in [0.15, 0.2) is 33.3 Å². The average molecular weight is 404 g/mol. The summed E-state index contributed by atoms with van der Waals surface area (Å²) < 4.78 is 7.38. The molecule has 1 saturated carbocycles. The number of nitrogens with zero attached hydrogens (tertiary/aromatic N) is 4. The summed E-state index contributed by atoms with van der Waals surface area (Å²) in [5, 5.41) is 18.3. The average Bonchev–Trinajstić information content (AvgIpc) is 3.06. The summed E-state index contributed by atoms with van der Waals surface area (Å²) >= 11 is 3.04. The van der Waals surface area contributed by atoms with Crippen molar-refractivity contribution in [2.45, 2.75) is 50.2 Å². The molecule has 3 heterocycles. The first-order valence-corrected chi connectivity index (χ1v) is 10.7. The Labute approximate surface area is 165 Å². The van der Waals surface area contributed by atoms with Crippen molar-refractivity contribution in [2.75, 3.05) is 11.1 Å². The smallest absolute Gasteiger partial charge is 0.237 e. The number of nitrogens with one attached hydrogen (secondary N) is 1. The molecule has 1 aliphatic rings. The van der Waals surface area contributed by atoms with Crippen LogP contribution in [0.4, 0.5) is 5.88 Å². The first-order valence-electron chi connectivity index (χ1n) is 8.80. The lowest BCUT2D eigenvalue weighted by Crippen LogP contribution is -2.14. The van der Waals surface area contributed by atoms with Crippen molar-refractivity contribution in [3.8, 4) is 10.7 Å². The fraction of sp³-hybridized carbons (Fsp3) is 0.444. The largest absolute Gasteiger partial charge is 0.338 e. The van der Waals surface area contributed by atoms with Gasteiger partial charge in [-0.3, -0.25) is 14.7 Å². The molecule has 0 spiro atoms. The van der Waals surface area contributed by atoms with Crippen LogP contribution in [0.3, 0.4) is 0 Å². The summed E-state index contributed by atoms with van der Waals surface area (Å²) in [6, 6.07) is 6.26. The molecular weight excluding hydrogens is 382 g/mol. The number of carbonyl (C=O) groups excluding carboxylic acids is 1. The lowest BCUT2D eigenvalue weighted by Gasteiger charge is -2.12. The molecule has 3 aromatic rings. The third-order valence-electron chi connectivity index (χ3n) is 4.19. The van der Waals surface area contributed by atoms with E-state index < -0.39 is 0 Å². The highest BCUT2D eigenvalue weighted by Crippen LogP contribution is 2.41. The maximum absolute atomic E-state index is 12.3. The minimum atomic E-state index is -0.153. The second-order valence-electron chi connectivity index (χ2n) is 7.55. The number of aromatic nitrogens is 4. The number of amides is 1. The highest BCUT2D eigenvalue weighted by molar-refractivity contribution is 7.99. The minimum Gasteiger partial charge on any atom is -0.338 e. The van der Waals surface area contributed by atoms with E-state index in [2.05, 4.69) is 25.2 Å². The number of thiophene rings is 1. The van der Waals surface area contributed by atoms with Crippen LogP contribution >= 0.6 is 23.1 Å². The van der Waals surface area contributed by atoms with Crippen LogP contribution in [0.5, 0.6) is 0 Å². The number of hydrogen-bond acceptors (Lipinski definition) is 7. The molecule has 0 atom stereocenters. The summed E-state index contributed by atoms with van der Waals surface area (Å²) in [6.07, 6.45) is 2.26. The van der Waals surface area contributed by atoms with Gasteiger partial charge in [0.25, 0.3) is 0 Å². The fourth-order valence-corrected chi connectivity index (χ4v) is 4.11. The number of rotatable bonds is 6. The van der Waals surface area contributed by atoms with Gasteiger partial charge >= 0.3 is 0 Å². The van der Waals surface area contributed by atoms with Crippen LogP contribution in [0.2, 0.25) is 0 Å². The molecule has 3 aromatic heterocycles. The Morgan fingerprint density at radius 3 is 2.85 bits per heavy atom. The van der Waals surface area contributed by atoms with Crippen LogP contribution in [0.1, 0.15) is 45.3 Å². The van der Waals surface area contributed by atoms with Gasteiger partial charge in [0.05, 0.1) is 16.3 Å². The van der Waals surface area contributed by atoms with Gasteiger partial charge in [-0.15, -0.1) is 21.5 Å². The summed E-state index contributed by atoms with van der Waals surface area (Å²) in [4.78, 5) is 13.4. The van der Waals surface area contributed by atoms with Gasteiger partial charge in [0.1, 0.15) is 0 Å². The third kappa shape index (κ3) is 4.08. The zero-order valence-electron chi connectivity index (χ0n) is 15.4. The van der Waals surface area contributed by atoms with E-state index in [-0.39, 0.29) is 17.1 Å². The van der Waals surface area contributed by atoms with E-state index in [1.165, 1.54) is 11.8 Å². The Balaban J connectivity index is 1.42. The topological polar surface area (TPSA) is 85.8 Å². The normalized spacial score (nSPS) is 14.5. The summed E-state index contributed by atoms with van der Waals surface area (Å²) in [5.41, 5.74) is 0.680. The van der Waals surface area contributed by atoms with Crippen LogP contribution in [-0.4, -0.2) is 31.6 Å². The molecule has 1 amide bonds. The van der Waals surface area contributed by atoms with E-state index in [1.54, 1.807) is 17.4 Å². The number of carbonyl (C=O) groups is 1. The van der Waals surface area contributed by atoms with Crippen molar-refractivity contribution >= 4 is 34.9 Å². The molecule has 9 heteroatoms. The Morgan fingerprint density at radius 2 is 2.22 bits per heavy atom. The van der Waals surface area contributed by atoms with Crippen molar-refractivity contribution in [1.29, 1.82) is 0 Å². The highest BCUT2D eigenvalue weighted by atomic mass is 32.2. The van der Waals surface area contributed by atoms with Crippen molar-refractivity contribution in [1.82, 2.24) is 19.9 Å². The van der Waals surface area contributed by atoms with Gasteiger partial charge in [-0.1, -0.05) is 43.8 Å². The zero-order valence-corrected chi connectivity index (χ0v) is 17.1. The second kappa shape index (κ2) is 7.12. The van der Waals surface area contributed by atoms with Crippen molar-refractivity contribution < 1.29 is 9.32 Å². The zero-order chi connectivity index (χ0) is 19.0. The fourth-order valence-electron chi connectivity index (χ4n) is 2.60. The Kier molecular flexibility index (Phi) is 4.81. The molecule has 1 N–H and O–H groups in total. The minimum absolute atomic E-state index is 0.125. The number of anilines is 1. The van der Waals surface area contributed by atoms with E-state index in [4.69, 9.17) is 4.52 Å². The van der Waals surface area contributed by atoms with E-state index >= 15 is 0 Å². The Bertz CT molecular complexity index is 936. The van der Waals surface area contributed by atoms with Gasteiger partial charge in [0, 0.05) is 17.5 Å².